The van der Waals surface area contributed by atoms with Crippen molar-refractivity contribution in [1.29, 1.82) is 0 Å². The fourth-order valence-corrected chi connectivity index (χ4v) is 3.95. The second-order valence-corrected chi connectivity index (χ2v) is 7.50. The third-order valence-corrected chi connectivity index (χ3v) is 5.64. The summed E-state index contributed by atoms with van der Waals surface area (Å²) in [7, 11) is 0. The van der Waals surface area contributed by atoms with Crippen molar-refractivity contribution in [2.75, 3.05) is 6.61 Å². The number of aliphatic hydroxyl groups is 4. The first-order chi connectivity index (χ1) is 15.4. The quantitative estimate of drug-likeness (QED) is 0.212. The molecule has 9 nitrogen and oxygen atoms in total. The van der Waals surface area contributed by atoms with Gasteiger partial charge in [0, 0.05) is 55.0 Å². The molecule has 0 amide bonds. The van der Waals surface area contributed by atoms with Crippen LogP contribution in [-0.4, -0.2) is 74.1 Å². The highest BCUT2D eigenvalue weighted by Crippen LogP contribution is 2.32. The zero-order valence-electron chi connectivity index (χ0n) is 16.8. The van der Waals surface area contributed by atoms with Crippen LogP contribution in [0.25, 0.3) is 0 Å². The number of ether oxygens (including phenoxy) is 2. The molecule has 0 saturated carbocycles. The van der Waals surface area contributed by atoms with Crippen LogP contribution >= 0.6 is 37.2 Å². The molecule has 6 atom stereocenters. The Labute approximate surface area is 207 Å². The van der Waals surface area contributed by atoms with Gasteiger partial charge in [-0.1, -0.05) is 30.3 Å². The van der Waals surface area contributed by atoms with Crippen LogP contribution in [0.3, 0.4) is 0 Å². The van der Waals surface area contributed by atoms with Gasteiger partial charge in [0.05, 0.1) is 11.6 Å². The smallest absolute Gasteiger partial charge is 0.315 e. The number of rotatable bonds is 5. The van der Waals surface area contributed by atoms with Gasteiger partial charge in [-0.2, -0.15) is 0 Å². The number of aliphatic hydroxyl groups excluding tert-OH is 4. The van der Waals surface area contributed by atoms with Crippen LogP contribution in [0.2, 0.25) is 0 Å². The molecule has 2 aliphatic rings. The summed E-state index contributed by atoms with van der Waals surface area (Å²) in [5.74, 6) is -1.27. The largest absolute Gasteiger partial charge is 0.462 e. The average Bonchev–Trinajstić information content (AvgIpc) is 3.43. The Morgan fingerprint density at radius 2 is 1.69 bits per heavy atom. The van der Waals surface area contributed by atoms with Gasteiger partial charge in [-0.3, -0.25) is 9.59 Å². The molecular formula is C21H23I2NO8. The highest BCUT2D eigenvalue weighted by molar-refractivity contribution is 15.0. The highest BCUT2D eigenvalue weighted by Gasteiger charge is 2.44. The van der Waals surface area contributed by atoms with Gasteiger partial charge in [0.25, 0.3) is 0 Å². The van der Waals surface area contributed by atoms with E-state index in [-0.39, 0.29) is 5.78 Å². The molecule has 1 aromatic heterocycles. The van der Waals surface area contributed by atoms with Gasteiger partial charge < -0.3 is 34.5 Å². The van der Waals surface area contributed by atoms with E-state index in [1.165, 1.54) is 0 Å². The number of carbonyl (C=O) groups excluding carboxylic acids is 2. The van der Waals surface area contributed by atoms with E-state index in [9.17, 15) is 30.0 Å². The number of esters is 1. The summed E-state index contributed by atoms with van der Waals surface area (Å²) in [6.45, 7) is 0.0933. The van der Waals surface area contributed by atoms with Gasteiger partial charge in [0.2, 0.25) is 5.78 Å². The molecule has 4 N–H and O–H groups in total. The molecule has 0 spiro atoms. The second-order valence-electron chi connectivity index (χ2n) is 7.50. The minimum atomic E-state index is -1.69. The summed E-state index contributed by atoms with van der Waals surface area (Å²) in [4.78, 5) is 25.4. The van der Waals surface area contributed by atoms with Gasteiger partial charge >= 0.3 is 5.97 Å². The molecule has 0 radical (unpaired) electrons. The Hall–Kier alpha value is -1.10. The predicted octanol–water partition coefficient (Wildman–Crippen LogP) is 1.32. The minimum Gasteiger partial charge on any atom is -0.462 e. The summed E-state index contributed by atoms with van der Waals surface area (Å²) in [6.07, 6.45) is -7.19. The molecule has 1 saturated heterocycles. The van der Waals surface area contributed by atoms with E-state index in [0.29, 0.717) is 29.9 Å². The van der Waals surface area contributed by atoms with Crippen molar-refractivity contribution in [2.45, 2.75) is 49.6 Å². The fourth-order valence-electron chi connectivity index (χ4n) is 3.95. The molecule has 2 aliphatic heterocycles. The summed E-state index contributed by atoms with van der Waals surface area (Å²) in [5.41, 5.74) is 1.73. The SMILES string of the molecule is II.O=C(c1ccccc1)c1ccc2n1CC[C@@H]2C(=O)OCC1O[C@H](O)C(O)[C@@H](O)[C@H]1O. The number of ketones is 1. The van der Waals surface area contributed by atoms with Crippen LogP contribution in [0.15, 0.2) is 42.5 Å². The van der Waals surface area contributed by atoms with Crippen LogP contribution in [-0.2, 0) is 20.8 Å². The topological polar surface area (TPSA) is 138 Å². The maximum Gasteiger partial charge on any atom is 0.315 e. The third-order valence-electron chi connectivity index (χ3n) is 5.64. The number of nitrogens with zero attached hydrogens (tertiary/aromatic N) is 1. The van der Waals surface area contributed by atoms with E-state index >= 15 is 0 Å². The molecule has 1 fully saturated rings. The van der Waals surface area contributed by atoms with Gasteiger partial charge in [-0.05, 0) is 18.6 Å². The molecular weight excluding hydrogens is 648 g/mol. The molecule has 2 unspecified atom stereocenters. The van der Waals surface area contributed by atoms with Crippen LogP contribution in [0.5, 0.6) is 0 Å². The van der Waals surface area contributed by atoms with Crippen molar-refractivity contribution < 1.29 is 39.5 Å². The number of carbonyl (C=O) groups is 2. The van der Waals surface area contributed by atoms with Crippen LogP contribution in [0.1, 0.15) is 34.1 Å². The van der Waals surface area contributed by atoms with Gasteiger partial charge in [-0.25, -0.2) is 0 Å². The number of benzene rings is 1. The highest BCUT2D eigenvalue weighted by atomic mass is 128. The summed E-state index contributed by atoms with van der Waals surface area (Å²) < 4.78 is 12.1. The van der Waals surface area contributed by atoms with E-state index in [1.807, 2.05) is 6.07 Å². The van der Waals surface area contributed by atoms with E-state index < -0.39 is 49.2 Å². The summed E-state index contributed by atoms with van der Waals surface area (Å²) in [5, 5.41) is 38.8. The number of aromatic nitrogens is 1. The van der Waals surface area contributed by atoms with Gasteiger partial charge in [-0.15, -0.1) is 0 Å². The van der Waals surface area contributed by atoms with Crippen LogP contribution in [0.4, 0.5) is 0 Å². The lowest BCUT2D eigenvalue weighted by atomic mass is 9.99. The van der Waals surface area contributed by atoms with E-state index in [2.05, 4.69) is 37.2 Å². The summed E-state index contributed by atoms with van der Waals surface area (Å²) in [6, 6.07) is 12.3. The van der Waals surface area contributed by atoms with Crippen LogP contribution < -0.4 is 0 Å². The first-order valence-corrected chi connectivity index (χ1v) is 16.1. The van der Waals surface area contributed by atoms with Crippen molar-refractivity contribution in [2.24, 2.45) is 0 Å². The standard InChI is InChI=1S/C21H23NO8.I2/c23-16(11-4-2-1-3-5-11)14-7-6-13-12(8-9-22(13)14)20(27)29-10-15-17(24)18(25)19(26)21(28)30-15;1-2/h1-7,12,15,17-19,21,24-26,28H,8-10H2;/t12-,15?,17-,18-,19?,21-;/m0./s1. The van der Waals surface area contributed by atoms with E-state index in [4.69, 9.17) is 9.47 Å². The predicted molar refractivity (Wildman–Crippen MR) is 130 cm³/mol. The summed E-state index contributed by atoms with van der Waals surface area (Å²) >= 11 is 4.24. The second kappa shape index (κ2) is 11.4. The lowest BCUT2D eigenvalue weighted by molar-refractivity contribution is -0.287. The Bertz CT molecular complexity index is 937. The fraction of sp³-hybridized carbons (Fsp3) is 0.429. The van der Waals surface area contributed by atoms with E-state index in [1.54, 1.807) is 41.0 Å². The maximum atomic E-state index is 12.8. The van der Waals surface area contributed by atoms with E-state index in [0.717, 1.165) is 0 Å². The third kappa shape index (κ3) is 5.18. The lowest BCUT2D eigenvalue weighted by Crippen LogP contribution is -2.58. The molecule has 4 rings (SSSR count). The number of hydrogen-bond acceptors (Lipinski definition) is 8. The Morgan fingerprint density at radius 3 is 2.38 bits per heavy atom. The molecule has 1 aromatic carbocycles. The lowest BCUT2D eigenvalue weighted by Gasteiger charge is -2.37. The monoisotopic (exact) mass is 671 g/mol. The molecule has 32 heavy (non-hydrogen) atoms. The molecule has 11 heteroatoms. The molecule has 0 aliphatic carbocycles. The molecule has 174 valence electrons. The number of hydrogen-bond donors (Lipinski definition) is 4. The van der Waals surface area contributed by atoms with Gasteiger partial charge in [0.15, 0.2) is 6.29 Å². The zero-order valence-corrected chi connectivity index (χ0v) is 21.1. The molecule has 2 aromatic rings. The normalized spacial score (nSPS) is 28.9. The minimum absolute atomic E-state index is 0.129. The zero-order chi connectivity index (χ0) is 23.4. The Morgan fingerprint density at radius 1 is 1.00 bits per heavy atom. The first-order valence-electron chi connectivity index (χ1n) is 9.86. The molecule has 3 heterocycles. The number of fused-ring (bicyclic) bond motifs is 1. The maximum absolute atomic E-state index is 12.8. The van der Waals surface area contributed by atoms with Crippen molar-refractivity contribution >= 4 is 49.0 Å². The van der Waals surface area contributed by atoms with Crippen LogP contribution in [0, 0.1) is 0 Å². The Balaban J connectivity index is 0.00000141. The van der Waals surface area contributed by atoms with Gasteiger partial charge in [0.1, 0.15) is 31.0 Å². The van der Waals surface area contributed by atoms with Crippen molar-refractivity contribution in [3.8, 4) is 0 Å². The number of halogens is 2. The van der Waals surface area contributed by atoms with Crippen molar-refractivity contribution in [3.05, 3.63) is 59.4 Å². The first kappa shape index (κ1) is 25.5. The average molecular weight is 671 g/mol. The van der Waals surface area contributed by atoms with Crippen molar-refractivity contribution in [1.82, 2.24) is 4.57 Å². The van der Waals surface area contributed by atoms with Crippen molar-refractivity contribution in [3.63, 3.8) is 0 Å². The Kier molecular flexibility index (Phi) is 9.05. The molecule has 0 bridgehead atoms.